The van der Waals surface area contributed by atoms with Gasteiger partial charge in [0.05, 0.1) is 49.8 Å². The normalized spacial score (nSPS) is 40.6. The molecule has 7 heterocycles. The van der Waals surface area contributed by atoms with Crippen LogP contribution in [0.4, 0.5) is 0 Å². The molecule has 0 aliphatic carbocycles. The van der Waals surface area contributed by atoms with Gasteiger partial charge in [-0.2, -0.15) is 0 Å². The zero-order valence-electron chi connectivity index (χ0n) is 41.1. The Hall–Kier alpha value is -2.31. The van der Waals surface area contributed by atoms with Gasteiger partial charge in [0.2, 0.25) is 5.79 Å². The monoisotopic (exact) mass is 943 g/mol. The molecule has 0 bridgehead atoms. The highest BCUT2D eigenvalue weighted by Crippen LogP contribution is 2.47. The molecule has 17 unspecified atom stereocenters. The molecule has 378 valence electrons. The van der Waals surface area contributed by atoms with Crippen LogP contribution in [0.3, 0.4) is 0 Å². The minimum absolute atomic E-state index is 0.0300. The molecule has 5 N–H and O–H groups in total. The average Bonchev–Trinajstić information content (AvgIpc) is 3.69. The number of hydrogen-bond donors (Lipinski definition) is 5. The number of fused-ring (bicyclic) bond motifs is 1. The number of aliphatic hydroxyl groups is 5. The van der Waals surface area contributed by atoms with E-state index >= 15 is 0 Å². The number of carbonyl (C=O) groups excluding carboxylic acids is 1. The summed E-state index contributed by atoms with van der Waals surface area (Å²) >= 11 is 0. The highest BCUT2D eigenvalue weighted by molar-refractivity contribution is 5.78. The van der Waals surface area contributed by atoms with E-state index in [2.05, 4.69) is 40.0 Å². The largest absolute Gasteiger partial charge is 0.459 e. The second-order valence-corrected chi connectivity index (χ2v) is 21.6. The van der Waals surface area contributed by atoms with Crippen molar-refractivity contribution < 1.29 is 68.2 Å². The lowest BCUT2D eigenvalue weighted by Crippen LogP contribution is -2.60. The second-order valence-electron chi connectivity index (χ2n) is 21.6. The van der Waals surface area contributed by atoms with Crippen molar-refractivity contribution >= 4 is 5.97 Å². The van der Waals surface area contributed by atoms with E-state index in [1.54, 1.807) is 0 Å². The molecule has 6 fully saturated rings. The summed E-state index contributed by atoms with van der Waals surface area (Å²) in [6, 6.07) is 0. The van der Waals surface area contributed by atoms with E-state index in [9.17, 15) is 25.2 Å². The summed E-state index contributed by atoms with van der Waals surface area (Å²) in [6.07, 6.45) is 12.7. The Morgan fingerprint density at radius 2 is 1.78 bits per heavy atom. The van der Waals surface area contributed by atoms with Gasteiger partial charge in [-0.3, -0.25) is 0 Å². The standard InChI is InChI=1S/C53H82O14/c1-32(30-54)12-11-13-33(2)31-60-49(58)50(8,59)29-40-16-17-44(56)53(64-40)28-34(3)26-43(65-53)35(4)14-15-39-19-23-52(63-39)24-20-42-48(67-52)45(57)38(7)47(62-42)41(55)27-37(6)46-36(5)18-22-51(66-46)21-9-10-25-61-51/h13-15,28,35-37,39-48,54-57,59H,1,7,9-12,16-27,29-31H2,2-6,8H3. The first kappa shape index (κ1) is 52.5. The van der Waals surface area contributed by atoms with Crippen LogP contribution in [0.15, 0.2) is 59.8 Å². The number of rotatable bonds is 16. The molecule has 67 heavy (non-hydrogen) atoms. The van der Waals surface area contributed by atoms with Crippen LogP contribution in [-0.4, -0.2) is 135 Å². The first-order chi connectivity index (χ1) is 31.8. The van der Waals surface area contributed by atoms with Crippen molar-refractivity contribution in [2.24, 2.45) is 17.8 Å². The van der Waals surface area contributed by atoms with Crippen molar-refractivity contribution in [2.75, 3.05) is 19.8 Å². The van der Waals surface area contributed by atoms with Crippen LogP contribution in [0.25, 0.3) is 0 Å². The molecule has 0 aromatic carbocycles. The minimum atomic E-state index is -1.83. The Kier molecular flexibility index (Phi) is 17.2. The quantitative estimate of drug-likeness (QED) is 0.0789. The van der Waals surface area contributed by atoms with Gasteiger partial charge >= 0.3 is 5.97 Å². The third kappa shape index (κ3) is 12.4. The predicted octanol–water partition coefficient (Wildman–Crippen LogP) is 6.95. The Morgan fingerprint density at radius 1 is 1.01 bits per heavy atom. The van der Waals surface area contributed by atoms with Gasteiger partial charge in [-0.15, -0.1) is 0 Å². The second kappa shape index (κ2) is 22.0. The Balaban J connectivity index is 0.891. The third-order valence-electron chi connectivity index (χ3n) is 15.6. The van der Waals surface area contributed by atoms with Crippen LogP contribution >= 0.6 is 0 Å². The Bertz CT molecular complexity index is 1820. The summed E-state index contributed by atoms with van der Waals surface area (Å²) in [5.74, 6) is -3.30. The molecule has 7 rings (SSSR count). The van der Waals surface area contributed by atoms with E-state index in [4.69, 9.17) is 43.0 Å². The van der Waals surface area contributed by atoms with Gasteiger partial charge in [-0.05, 0) is 120 Å². The summed E-state index contributed by atoms with van der Waals surface area (Å²) in [5.41, 5.74) is 1.14. The van der Waals surface area contributed by atoms with Gasteiger partial charge in [-0.25, -0.2) is 4.79 Å². The number of esters is 1. The van der Waals surface area contributed by atoms with Crippen molar-refractivity contribution in [1.29, 1.82) is 0 Å². The summed E-state index contributed by atoms with van der Waals surface area (Å²) < 4.78 is 51.2. The molecule has 0 radical (unpaired) electrons. The number of carbonyl (C=O) groups is 1. The lowest BCUT2D eigenvalue weighted by atomic mass is 9.79. The molecule has 17 atom stereocenters. The van der Waals surface area contributed by atoms with E-state index < -0.39 is 71.7 Å². The molecule has 7 aliphatic rings. The maximum atomic E-state index is 13.1. The fourth-order valence-electron chi connectivity index (χ4n) is 11.5. The summed E-state index contributed by atoms with van der Waals surface area (Å²) in [7, 11) is 0. The van der Waals surface area contributed by atoms with E-state index in [0.717, 1.165) is 61.9 Å². The fourth-order valence-corrected chi connectivity index (χ4v) is 11.5. The molecule has 14 heteroatoms. The molecular formula is C53H82O14. The average molecular weight is 943 g/mol. The number of aliphatic hydroxyl groups excluding tert-OH is 4. The van der Waals surface area contributed by atoms with Gasteiger partial charge in [0.25, 0.3) is 0 Å². The highest BCUT2D eigenvalue weighted by Gasteiger charge is 2.55. The van der Waals surface area contributed by atoms with E-state index in [1.165, 1.54) is 6.92 Å². The zero-order chi connectivity index (χ0) is 48.3. The van der Waals surface area contributed by atoms with Crippen molar-refractivity contribution in [3.63, 3.8) is 0 Å². The molecule has 0 aromatic heterocycles. The SMILES string of the molecule is C=C(CO)CCC=C(C)COC(=O)C(C)(O)CC1CCC(O)C2(C=C(C)CC(C(C)C=CC3CCC4(CCC5OC(C(O)CC(C)C6OC7(CCCCO7)CCC6C)C(=C)C(O)C5O4)O3)O2)O1. The van der Waals surface area contributed by atoms with Gasteiger partial charge in [-0.1, -0.05) is 63.3 Å². The van der Waals surface area contributed by atoms with Crippen LogP contribution in [-0.2, 0) is 42.7 Å². The van der Waals surface area contributed by atoms with Crippen molar-refractivity contribution in [3.8, 4) is 0 Å². The van der Waals surface area contributed by atoms with Crippen molar-refractivity contribution in [3.05, 3.63) is 59.8 Å². The molecular weight excluding hydrogens is 861 g/mol. The van der Waals surface area contributed by atoms with Crippen LogP contribution in [0.2, 0.25) is 0 Å². The molecule has 6 saturated heterocycles. The van der Waals surface area contributed by atoms with E-state index in [1.807, 2.05) is 32.1 Å². The number of ether oxygens (including phenoxy) is 8. The Labute approximate surface area is 398 Å². The van der Waals surface area contributed by atoms with Crippen LogP contribution in [0.5, 0.6) is 0 Å². The van der Waals surface area contributed by atoms with Gasteiger partial charge < -0.3 is 63.4 Å². The molecule has 3 spiro atoms. The van der Waals surface area contributed by atoms with Gasteiger partial charge in [0.15, 0.2) is 17.2 Å². The first-order valence-electron chi connectivity index (χ1n) is 25.4. The van der Waals surface area contributed by atoms with Crippen molar-refractivity contribution in [2.45, 2.75) is 228 Å². The predicted molar refractivity (Wildman–Crippen MR) is 250 cm³/mol. The Morgan fingerprint density at radius 3 is 2.52 bits per heavy atom. The maximum Gasteiger partial charge on any atom is 0.338 e. The summed E-state index contributed by atoms with van der Waals surface area (Å²) in [4.78, 5) is 13.1. The molecule has 0 aromatic rings. The van der Waals surface area contributed by atoms with Crippen LogP contribution in [0.1, 0.15) is 144 Å². The summed E-state index contributed by atoms with van der Waals surface area (Å²) in [6.45, 7) is 20.3. The fraction of sp³-hybridized carbons (Fsp3) is 0.792. The van der Waals surface area contributed by atoms with E-state index in [0.29, 0.717) is 69.3 Å². The molecule has 14 nitrogen and oxygen atoms in total. The topological polar surface area (TPSA) is 192 Å². The van der Waals surface area contributed by atoms with Gasteiger partial charge in [0.1, 0.15) is 31.0 Å². The van der Waals surface area contributed by atoms with Crippen LogP contribution in [0, 0.1) is 17.8 Å². The third-order valence-corrected chi connectivity index (χ3v) is 15.6. The smallest absolute Gasteiger partial charge is 0.338 e. The van der Waals surface area contributed by atoms with E-state index in [-0.39, 0.29) is 49.8 Å². The molecule has 7 aliphatic heterocycles. The number of allylic oxidation sites excluding steroid dienone is 1. The minimum Gasteiger partial charge on any atom is -0.459 e. The van der Waals surface area contributed by atoms with Crippen LogP contribution < -0.4 is 0 Å². The van der Waals surface area contributed by atoms with Gasteiger partial charge in [0, 0.05) is 38.0 Å². The highest BCUT2D eigenvalue weighted by atomic mass is 16.7. The zero-order valence-corrected chi connectivity index (χ0v) is 41.1. The first-order valence-corrected chi connectivity index (χ1v) is 25.4. The summed E-state index contributed by atoms with van der Waals surface area (Å²) in [5, 5.41) is 55.0. The number of hydrogen-bond acceptors (Lipinski definition) is 14. The molecule has 0 amide bonds. The maximum absolute atomic E-state index is 13.1. The lowest BCUT2D eigenvalue weighted by Gasteiger charge is -2.50. The molecule has 0 saturated carbocycles. The lowest BCUT2D eigenvalue weighted by molar-refractivity contribution is -0.321. The van der Waals surface area contributed by atoms with Crippen molar-refractivity contribution in [1.82, 2.24) is 0 Å².